The van der Waals surface area contributed by atoms with E-state index in [2.05, 4.69) is 20.4 Å². The van der Waals surface area contributed by atoms with Crippen LogP contribution in [-0.2, 0) is 7.05 Å². The lowest BCUT2D eigenvalue weighted by Crippen LogP contribution is -1.99. The Hall–Kier alpha value is -4.07. The molecule has 0 aliphatic heterocycles. The molecule has 3 heterocycles. The fourth-order valence-electron chi connectivity index (χ4n) is 3.38. The first-order valence-corrected chi connectivity index (χ1v) is 9.41. The van der Waals surface area contributed by atoms with Crippen LogP contribution in [-0.4, -0.2) is 29.3 Å². The number of aromatic nitrogens is 6. The highest BCUT2D eigenvalue weighted by Crippen LogP contribution is 2.30. The van der Waals surface area contributed by atoms with Crippen molar-refractivity contribution in [3.8, 4) is 17.2 Å². The van der Waals surface area contributed by atoms with Crippen molar-refractivity contribution >= 4 is 22.4 Å². The molecule has 0 spiro atoms. The van der Waals surface area contributed by atoms with Gasteiger partial charge in [0.15, 0.2) is 5.82 Å². The number of halogens is 1. The Balaban J connectivity index is 1.49. The van der Waals surface area contributed by atoms with Crippen molar-refractivity contribution in [1.29, 1.82) is 0 Å². The van der Waals surface area contributed by atoms with Gasteiger partial charge in [-0.05, 0) is 55.5 Å². The van der Waals surface area contributed by atoms with Gasteiger partial charge in [-0.2, -0.15) is 5.10 Å². The number of fused-ring (bicyclic) bond motifs is 1. The van der Waals surface area contributed by atoms with Crippen molar-refractivity contribution in [2.75, 3.05) is 5.32 Å². The summed E-state index contributed by atoms with van der Waals surface area (Å²) in [6.45, 7) is 1.83. The molecule has 0 radical (unpaired) electrons. The van der Waals surface area contributed by atoms with Gasteiger partial charge in [0.25, 0.3) is 0 Å². The largest absolute Gasteiger partial charge is 0.352 e. The van der Waals surface area contributed by atoms with Gasteiger partial charge in [0.1, 0.15) is 29.3 Å². The Bertz CT molecular complexity index is 1330. The number of benzene rings is 2. The molecular weight excluding hydrogens is 381 g/mol. The van der Waals surface area contributed by atoms with E-state index in [4.69, 9.17) is 4.98 Å². The zero-order valence-electron chi connectivity index (χ0n) is 16.4. The van der Waals surface area contributed by atoms with Crippen molar-refractivity contribution in [3.63, 3.8) is 0 Å². The van der Waals surface area contributed by atoms with Crippen LogP contribution in [0.2, 0.25) is 0 Å². The first-order chi connectivity index (χ1) is 14.6. The standard InChI is InChI=1S/C22H18FN7/c1-14-25-13-30(28-14)20-11-10-17(12-24-20)26-18-4-3-5-19-21(18)27-22(29(19)2)15-6-8-16(23)9-7-15/h3-13,26H,1-2H3. The highest BCUT2D eigenvalue weighted by Gasteiger charge is 2.13. The van der Waals surface area contributed by atoms with Gasteiger partial charge in [-0.1, -0.05) is 6.07 Å². The summed E-state index contributed by atoms with van der Waals surface area (Å²) in [7, 11) is 1.95. The molecule has 8 heteroatoms. The minimum Gasteiger partial charge on any atom is -0.352 e. The Labute approximate surface area is 171 Å². The quantitative estimate of drug-likeness (QED) is 0.485. The van der Waals surface area contributed by atoms with Crippen LogP contribution in [0.5, 0.6) is 0 Å². The van der Waals surface area contributed by atoms with E-state index in [0.717, 1.165) is 33.8 Å². The molecule has 0 aliphatic rings. The van der Waals surface area contributed by atoms with E-state index in [9.17, 15) is 4.39 Å². The molecule has 0 amide bonds. The van der Waals surface area contributed by atoms with E-state index in [1.807, 2.05) is 48.9 Å². The summed E-state index contributed by atoms with van der Waals surface area (Å²) in [5.74, 6) is 1.89. The van der Waals surface area contributed by atoms with E-state index in [1.165, 1.54) is 12.1 Å². The number of imidazole rings is 1. The summed E-state index contributed by atoms with van der Waals surface area (Å²) in [5.41, 5.74) is 4.35. The minimum atomic E-state index is -0.267. The van der Waals surface area contributed by atoms with Crippen molar-refractivity contribution in [1.82, 2.24) is 29.3 Å². The molecule has 148 valence electrons. The summed E-state index contributed by atoms with van der Waals surface area (Å²) in [6, 6.07) is 16.1. The van der Waals surface area contributed by atoms with E-state index in [0.29, 0.717) is 11.6 Å². The maximum absolute atomic E-state index is 13.3. The monoisotopic (exact) mass is 399 g/mol. The van der Waals surface area contributed by atoms with Crippen molar-refractivity contribution in [2.24, 2.45) is 7.05 Å². The molecule has 30 heavy (non-hydrogen) atoms. The van der Waals surface area contributed by atoms with Crippen molar-refractivity contribution in [3.05, 3.63) is 78.8 Å². The number of nitrogens with zero attached hydrogens (tertiary/aromatic N) is 6. The minimum absolute atomic E-state index is 0.267. The Kier molecular flexibility index (Phi) is 4.24. The number of nitrogens with one attached hydrogen (secondary N) is 1. The highest BCUT2D eigenvalue weighted by molar-refractivity contribution is 5.92. The summed E-state index contributed by atoms with van der Waals surface area (Å²) >= 11 is 0. The van der Waals surface area contributed by atoms with Crippen molar-refractivity contribution < 1.29 is 4.39 Å². The van der Waals surface area contributed by atoms with E-state index in [-0.39, 0.29) is 5.82 Å². The third kappa shape index (κ3) is 3.18. The second-order valence-electron chi connectivity index (χ2n) is 6.94. The number of hydrogen-bond acceptors (Lipinski definition) is 5. The zero-order valence-corrected chi connectivity index (χ0v) is 16.4. The molecule has 2 aromatic carbocycles. The van der Waals surface area contributed by atoms with E-state index in [1.54, 1.807) is 29.3 Å². The van der Waals surface area contributed by atoms with Gasteiger partial charge in [-0.25, -0.2) is 24.0 Å². The molecule has 7 nitrogen and oxygen atoms in total. The summed E-state index contributed by atoms with van der Waals surface area (Å²) < 4.78 is 16.9. The average Bonchev–Trinajstić information content (AvgIpc) is 3.34. The smallest absolute Gasteiger partial charge is 0.155 e. The van der Waals surface area contributed by atoms with Gasteiger partial charge in [0, 0.05) is 12.6 Å². The van der Waals surface area contributed by atoms with Gasteiger partial charge >= 0.3 is 0 Å². The summed E-state index contributed by atoms with van der Waals surface area (Å²) in [4.78, 5) is 13.4. The number of rotatable bonds is 4. The number of anilines is 2. The van der Waals surface area contributed by atoms with E-state index >= 15 is 0 Å². The number of hydrogen-bond donors (Lipinski definition) is 1. The van der Waals surface area contributed by atoms with Gasteiger partial charge < -0.3 is 9.88 Å². The molecule has 0 unspecified atom stereocenters. The predicted octanol–water partition coefficient (Wildman–Crippen LogP) is 4.41. The maximum atomic E-state index is 13.3. The third-order valence-corrected chi connectivity index (χ3v) is 4.88. The molecule has 3 aromatic heterocycles. The fraction of sp³-hybridized carbons (Fsp3) is 0.0909. The second-order valence-corrected chi connectivity index (χ2v) is 6.94. The molecule has 0 bridgehead atoms. The SMILES string of the molecule is Cc1ncn(-c2ccc(Nc3cccc4c3nc(-c3ccc(F)cc3)n4C)cn2)n1. The van der Waals surface area contributed by atoms with Crippen LogP contribution >= 0.6 is 0 Å². The molecule has 0 saturated heterocycles. The number of para-hydroxylation sites is 1. The summed E-state index contributed by atoms with van der Waals surface area (Å²) in [6.07, 6.45) is 3.38. The normalized spacial score (nSPS) is 11.2. The van der Waals surface area contributed by atoms with Gasteiger partial charge in [0.05, 0.1) is 23.1 Å². The molecule has 0 aliphatic carbocycles. The van der Waals surface area contributed by atoms with Crippen LogP contribution in [0.4, 0.5) is 15.8 Å². The number of aryl methyl sites for hydroxylation is 2. The second kappa shape index (κ2) is 7.07. The van der Waals surface area contributed by atoms with Gasteiger partial charge in [-0.3, -0.25) is 0 Å². The van der Waals surface area contributed by atoms with Crippen LogP contribution in [0, 0.1) is 12.7 Å². The fourth-order valence-corrected chi connectivity index (χ4v) is 3.38. The lowest BCUT2D eigenvalue weighted by Gasteiger charge is -2.08. The maximum Gasteiger partial charge on any atom is 0.155 e. The first kappa shape index (κ1) is 18.0. The van der Waals surface area contributed by atoms with Crippen LogP contribution in [0.3, 0.4) is 0 Å². The first-order valence-electron chi connectivity index (χ1n) is 9.41. The molecular formula is C22H18FN7. The van der Waals surface area contributed by atoms with Crippen molar-refractivity contribution in [2.45, 2.75) is 6.92 Å². The Morgan fingerprint density at radius 2 is 1.80 bits per heavy atom. The van der Waals surface area contributed by atoms with Crippen LogP contribution < -0.4 is 5.32 Å². The van der Waals surface area contributed by atoms with E-state index < -0.39 is 0 Å². The average molecular weight is 399 g/mol. The summed E-state index contributed by atoms with van der Waals surface area (Å²) in [5, 5.41) is 7.66. The number of pyridine rings is 1. The topological polar surface area (TPSA) is 73.5 Å². The Morgan fingerprint density at radius 1 is 0.967 bits per heavy atom. The van der Waals surface area contributed by atoms with Crippen LogP contribution in [0.1, 0.15) is 5.82 Å². The molecule has 0 atom stereocenters. The molecule has 0 fully saturated rings. The molecule has 5 rings (SSSR count). The molecule has 1 N–H and O–H groups in total. The molecule has 5 aromatic rings. The Morgan fingerprint density at radius 3 is 2.50 bits per heavy atom. The third-order valence-electron chi connectivity index (χ3n) is 4.88. The highest BCUT2D eigenvalue weighted by atomic mass is 19.1. The lowest BCUT2D eigenvalue weighted by molar-refractivity contribution is 0.628. The van der Waals surface area contributed by atoms with Gasteiger partial charge in [0.2, 0.25) is 0 Å². The zero-order chi connectivity index (χ0) is 20.7. The molecule has 0 saturated carbocycles. The predicted molar refractivity (Wildman–Crippen MR) is 113 cm³/mol. The van der Waals surface area contributed by atoms with Crippen LogP contribution in [0.25, 0.3) is 28.2 Å². The van der Waals surface area contributed by atoms with Gasteiger partial charge in [-0.15, -0.1) is 0 Å². The lowest BCUT2D eigenvalue weighted by atomic mass is 10.2. The van der Waals surface area contributed by atoms with Crippen LogP contribution in [0.15, 0.2) is 67.1 Å².